The Hall–Kier alpha value is -1.94. The van der Waals surface area contributed by atoms with Crippen LogP contribution in [-0.2, 0) is 22.4 Å². The van der Waals surface area contributed by atoms with Crippen LogP contribution in [0, 0.1) is 0 Å². The molecule has 1 heterocycles. The maximum atomic E-state index is 12.5. The van der Waals surface area contributed by atoms with Crippen LogP contribution in [0.1, 0.15) is 31.6 Å². The highest BCUT2D eigenvalue weighted by Crippen LogP contribution is 2.38. The monoisotopic (exact) mass is 286 g/mol. The molecule has 0 amide bonds. The average molecular weight is 286 g/mol. The third kappa shape index (κ3) is 2.27. The fourth-order valence-corrected chi connectivity index (χ4v) is 3.47. The van der Waals surface area contributed by atoms with E-state index in [-0.39, 0.29) is 24.1 Å². The number of rotatable bonds is 4. The Morgan fingerprint density at radius 1 is 1.25 bits per heavy atom. The highest BCUT2D eigenvalue weighted by atomic mass is 32.1. The predicted molar refractivity (Wildman–Crippen MR) is 77.3 cm³/mol. The van der Waals surface area contributed by atoms with Gasteiger partial charge in [0.05, 0.1) is 24.3 Å². The number of methoxy groups -OCH3 is 1. The van der Waals surface area contributed by atoms with Gasteiger partial charge in [-0.1, -0.05) is 24.3 Å². The first-order valence-corrected chi connectivity index (χ1v) is 7.28. The molecule has 4 heteroatoms. The lowest BCUT2D eigenvalue weighted by molar-refractivity contribution is -0.139. The van der Waals surface area contributed by atoms with Crippen molar-refractivity contribution in [1.29, 1.82) is 0 Å². The maximum absolute atomic E-state index is 12.5. The lowest BCUT2D eigenvalue weighted by Gasteiger charge is -2.28. The number of esters is 1. The second-order valence-electron chi connectivity index (χ2n) is 4.84. The van der Waals surface area contributed by atoms with E-state index in [1.54, 1.807) is 0 Å². The molecule has 102 valence electrons. The summed E-state index contributed by atoms with van der Waals surface area (Å²) < 4.78 is 4.63. The number of ether oxygens (including phenoxy) is 1. The quantitative estimate of drug-likeness (QED) is 0.641. The van der Waals surface area contributed by atoms with Gasteiger partial charge < -0.3 is 4.74 Å². The first-order chi connectivity index (χ1) is 9.69. The summed E-state index contributed by atoms with van der Waals surface area (Å²) >= 11 is 1.39. The molecule has 2 aromatic rings. The van der Waals surface area contributed by atoms with Crippen molar-refractivity contribution in [2.24, 2.45) is 0 Å². The zero-order valence-electron chi connectivity index (χ0n) is 11.1. The molecule has 3 rings (SSSR count). The van der Waals surface area contributed by atoms with Gasteiger partial charge in [0.25, 0.3) is 0 Å². The van der Waals surface area contributed by atoms with Crippen molar-refractivity contribution in [3.8, 4) is 0 Å². The number of hydrogen-bond acceptors (Lipinski definition) is 4. The van der Waals surface area contributed by atoms with Crippen molar-refractivity contribution < 1.29 is 14.3 Å². The van der Waals surface area contributed by atoms with Gasteiger partial charge in [-0.05, 0) is 29.7 Å². The Labute approximate surface area is 121 Å². The van der Waals surface area contributed by atoms with Crippen LogP contribution >= 0.6 is 11.3 Å². The van der Waals surface area contributed by atoms with Crippen LogP contribution in [-0.4, -0.2) is 18.9 Å². The first kappa shape index (κ1) is 13.1. The molecular formula is C16H14O3S. The molecule has 3 nitrogen and oxygen atoms in total. The summed E-state index contributed by atoms with van der Waals surface area (Å²) in [5.41, 5.74) is 2.40. The van der Waals surface area contributed by atoms with Crippen LogP contribution in [0.15, 0.2) is 36.4 Å². The van der Waals surface area contributed by atoms with E-state index in [2.05, 4.69) is 10.8 Å². The Kier molecular flexibility index (Phi) is 3.40. The number of Topliss-reactive ketones (excluding diaryl/α,β-unsaturated/α-hetero) is 1. The summed E-state index contributed by atoms with van der Waals surface area (Å²) in [6.07, 6.45) is 1.05. The van der Waals surface area contributed by atoms with Crippen LogP contribution in [0.5, 0.6) is 0 Å². The molecule has 1 aromatic heterocycles. The van der Waals surface area contributed by atoms with Gasteiger partial charge in [-0.15, -0.1) is 11.3 Å². The molecule has 0 aliphatic heterocycles. The molecule has 0 saturated heterocycles. The first-order valence-electron chi connectivity index (χ1n) is 6.46. The second-order valence-corrected chi connectivity index (χ2v) is 6.01. The SMILES string of the molecule is COC(=O)Cc1ccc(C(=O)C2Cc3ccccc32)s1. The zero-order chi connectivity index (χ0) is 14.1. The summed E-state index contributed by atoms with van der Waals surface area (Å²) in [5.74, 6) is -0.138. The Morgan fingerprint density at radius 2 is 2.05 bits per heavy atom. The highest BCUT2D eigenvalue weighted by Gasteiger charge is 2.32. The molecule has 0 saturated carbocycles. The number of carbonyl (C=O) groups excluding carboxylic acids is 2. The van der Waals surface area contributed by atoms with Gasteiger partial charge in [-0.2, -0.15) is 0 Å². The Morgan fingerprint density at radius 3 is 2.80 bits per heavy atom. The van der Waals surface area contributed by atoms with E-state index in [1.165, 1.54) is 24.0 Å². The van der Waals surface area contributed by atoms with Gasteiger partial charge in [0.1, 0.15) is 0 Å². The van der Waals surface area contributed by atoms with E-state index in [0.29, 0.717) is 0 Å². The van der Waals surface area contributed by atoms with Crippen molar-refractivity contribution >= 4 is 23.1 Å². The van der Waals surface area contributed by atoms with Crippen LogP contribution in [0.4, 0.5) is 0 Å². The van der Waals surface area contributed by atoms with Gasteiger partial charge in [0, 0.05) is 4.88 Å². The van der Waals surface area contributed by atoms with E-state index in [9.17, 15) is 9.59 Å². The molecule has 0 N–H and O–H groups in total. The Balaban J connectivity index is 1.75. The largest absolute Gasteiger partial charge is 0.469 e. The van der Waals surface area contributed by atoms with Crippen LogP contribution in [0.3, 0.4) is 0 Å². The predicted octanol–water partition coefficient (Wildman–Crippen LogP) is 2.99. The molecular weight excluding hydrogens is 272 g/mol. The lowest BCUT2D eigenvalue weighted by Crippen LogP contribution is -2.24. The number of ketones is 1. The summed E-state index contributed by atoms with van der Waals surface area (Å²) in [7, 11) is 1.37. The third-order valence-electron chi connectivity index (χ3n) is 3.62. The van der Waals surface area contributed by atoms with Gasteiger partial charge in [-0.3, -0.25) is 9.59 Å². The minimum Gasteiger partial charge on any atom is -0.469 e. The summed E-state index contributed by atoms with van der Waals surface area (Å²) in [6, 6.07) is 11.7. The maximum Gasteiger partial charge on any atom is 0.310 e. The van der Waals surface area contributed by atoms with E-state index < -0.39 is 0 Å². The minimum atomic E-state index is -0.278. The standard InChI is InChI=1S/C16H14O3S/c1-19-15(17)9-11-6-7-14(20-11)16(18)13-8-10-4-2-3-5-12(10)13/h2-7,13H,8-9H2,1H3. The molecule has 0 bridgehead atoms. The summed E-state index contributed by atoms with van der Waals surface area (Å²) in [6.45, 7) is 0. The van der Waals surface area contributed by atoms with Crippen molar-refractivity contribution in [2.45, 2.75) is 18.8 Å². The number of thiophene rings is 1. The number of benzene rings is 1. The minimum absolute atomic E-state index is 0.0178. The van der Waals surface area contributed by atoms with Gasteiger partial charge >= 0.3 is 5.97 Å². The molecule has 20 heavy (non-hydrogen) atoms. The number of hydrogen-bond donors (Lipinski definition) is 0. The second kappa shape index (κ2) is 5.21. The number of carbonyl (C=O) groups is 2. The van der Waals surface area contributed by atoms with Gasteiger partial charge in [-0.25, -0.2) is 0 Å². The lowest BCUT2D eigenvalue weighted by atomic mass is 9.75. The zero-order valence-corrected chi connectivity index (χ0v) is 11.9. The van der Waals surface area contributed by atoms with Crippen molar-refractivity contribution in [2.75, 3.05) is 7.11 Å². The number of fused-ring (bicyclic) bond motifs is 1. The van der Waals surface area contributed by atoms with Crippen LogP contribution in [0.2, 0.25) is 0 Å². The van der Waals surface area contributed by atoms with Crippen LogP contribution < -0.4 is 0 Å². The molecule has 1 atom stereocenters. The highest BCUT2D eigenvalue weighted by molar-refractivity contribution is 7.14. The van der Waals surface area contributed by atoms with E-state index in [4.69, 9.17) is 0 Å². The third-order valence-corrected chi connectivity index (χ3v) is 4.72. The van der Waals surface area contributed by atoms with Gasteiger partial charge in [0.15, 0.2) is 5.78 Å². The normalized spacial score (nSPS) is 16.1. The van der Waals surface area contributed by atoms with Crippen LogP contribution in [0.25, 0.3) is 0 Å². The summed E-state index contributed by atoms with van der Waals surface area (Å²) in [4.78, 5) is 25.3. The average Bonchev–Trinajstić information content (AvgIpc) is 2.88. The molecule has 1 aliphatic carbocycles. The van der Waals surface area contributed by atoms with Gasteiger partial charge in [0.2, 0.25) is 0 Å². The topological polar surface area (TPSA) is 43.4 Å². The smallest absolute Gasteiger partial charge is 0.310 e. The van der Waals surface area contributed by atoms with Crippen molar-refractivity contribution in [3.63, 3.8) is 0 Å². The van der Waals surface area contributed by atoms with Crippen molar-refractivity contribution in [3.05, 3.63) is 57.3 Å². The van der Waals surface area contributed by atoms with Crippen molar-refractivity contribution in [1.82, 2.24) is 0 Å². The molecule has 1 aromatic carbocycles. The van der Waals surface area contributed by atoms with E-state index >= 15 is 0 Å². The Bertz CT molecular complexity index is 672. The van der Waals surface area contributed by atoms with E-state index in [0.717, 1.165) is 21.7 Å². The summed E-state index contributed by atoms with van der Waals surface area (Å²) in [5, 5.41) is 0. The van der Waals surface area contributed by atoms with E-state index in [1.807, 2.05) is 30.3 Å². The molecule has 1 unspecified atom stereocenters. The fourth-order valence-electron chi connectivity index (χ4n) is 2.48. The fraction of sp³-hybridized carbons (Fsp3) is 0.250. The molecule has 0 spiro atoms. The molecule has 0 fully saturated rings. The molecule has 0 radical (unpaired) electrons. The molecule has 1 aliphatic rings.